The van der Waals surface area contributed by atoms with E-state index in [9.17, 15) is 4.79 Å². The van der Waals surface area contributed by atoms with E-state index in [4.69, 9.17) is 9.90 Å². The normalized spacial score (nSPS) is 15.5. The van der Waals surface area contributed by atoms with Gasteiger partial charge in [-0.25, -0.2) is 14.6 Å². The molecule has 148 valence electrons. The summed E-state index contributed by atoms with van der Waals surface area (Å²) in [7, 11) is 2.01. The highest BCUT2D eigenvalue weighted by Gasteiger charge is 2.25. The first-order valence-corrected chi connectivity index (χ1v) is 9.11. The lowest BCUT2D eigenvalue weighted by Gasteiger charge is -2.21. The summed E-state index contributed by atoms with van der Waals surface area (Å²) in [6.45, 7) is 4.20. The number of nitrogens with one attached hydrogen (secondary N) is 1. The van der Waals surface area contributed by atoms with Gasteiger partial charge < -0.3 is 15.0 Å². The van der Waals surface area contributed by atoms with Crippen LogP contribution < -0.4 is 5.32 Å². The van der Waals surface area contributed by atoms with Crippen LogP contribution in [0.3, 0.4) is 0 Å². The van der Waals surface area contributed by atoms with Crippen molar-refractivity contribution in [1.29, 1.82) is 0 Å². The maximum Gasteiger partial charge on any atom is 0.300 e. The smallest absolute Gasteiger partial charge is 0.300 e. The van der Waals surface area contributed by atoms with Crippen LogP contribution in [0.2, 0.25) is 0 Å². The average Bonchev–Trinajstić information content (AvgIpc) is 3.23. The molecule has 0 fully saturated rings. The molecule has 0 saturated carbocycles. The molecule has 9 heteroatoms. The van der Waals surface area contributed by atoms with E-state index in [-0.39, 0.29) is 11.8 Å². The number of hydrogen-bond donors (Lipinski definition) is 2. The summed E-state index contributed by atoms with van der Waals surface area (Å²) >= 11 is 0. The van der Waals surface area contributed by atoms with E-state index in [1.165, 1.54) is 0 Å². The minimum absolute atomic E-state index is 0.0416. The third kappa shape index (κ3) is 4.36. The summed E-state index contributed by atoms with van der Waals surface area (Å²) in [5, 5.41) is 14.6. The lowest BCUT2D eigenvalue weighted by atomic mass is 9.99. The first kappa shape index (κ1) is 19.5. The number of carbonyl (C=O) groups is 2. The monoisotopic (exact) mass is 384 g/mol. The van der Waals surface area contributed by atoms with Gasteiger partial charge in [0, 0.05) is 26.9 Å². The number of carboxylic acid groups (broad SMARTS) is 1. The molecular formula is C19H24N6O3. The van der Waals surface area contributed by atoms with E-state index in [0.29, 0.717) is 13.1 Å². The molecule has 2 N–H and O–H groups in total. The Labute approximate surface area is 162 Å². The molecule has 1 aliphatic heterocycles. The number of carbonyl (C=O) groups excluding carboxylic acids is 1. The zero-order valence-electron chi connectivity index (χ0n) is 16.2. The summed E-state index contributed by atoms with van der Waals surface area (Å²) in [6.07, 6.45) is 3.18. The SMILES string of the molecule is CC(=O)O.Cc1nc2cc(CNC(=O)C3CCc4ncnn4C3)ccc2n1C. The lowest BCUT2D eigenvalue weighted by molar-refractivity contribution is -0.134. The fourth-order valence-corrected chi connectivity index (χ4v) is 3.26. The highest BCUT2D eigenvalue weighted by atomic mass is 16.4. The number of benzene rings is 1. The molecule has 28 heavy (non-hydrogen) atoms. The number of nitrogens with zero attached hydrogens (tertiary/aromatic N) is 5. The van der Waals surface area contributed by atoms with Crippen LogP contribution in [0.25, 0.3) is 11.0 Å². The van der Waals surface area contributed by atoms with Crippen molar-refractivity contribution < 1.29 is 14.7 Å². The summed E-state index contributed by atoms with van der Waals surface area (Å²) in [6, 6.07) is 6.14. The number of imidazole rings is 1. The van der Waals surface area contributed by atoms with Gasteiger partial charge >= 0.3 is 0 Å². The second kappa shape index (κ2) is 8.20. The Balaban J connectivity index is 0.000000516. The minimum atomic E-state index is -0.833. The Morgan fingerprint density at radius 3 is 2.86 bits per heavy atom. The van der Waals surface area contributed by atoms with Crippen molar-refractivity contribution in [2.24, 2.45) is 13.0 Å². The molecule has 4 rings (SSSR count). The Morgan fingerprint density at radius 2 is 2.11 bits per heavy atom. The van der Waals surface area contributed by atoms with Crippen LogP contribution in [-0.2, 0) is 36.1 Å². The molecule has 1 atom stereocenters. The van der Waals surface area contributed by atoms with Crippen molar-refractivity contribution in [1.82, 2.24) is 29.6 Å². The van der Waals surface area contributed by atoms with Gasteiger partial charge in [-0.15, -0.1) is 0 Å². The van der Waals surface area contributed by atoms with Crippen molar-refractivity contribution >= 4 is 22.9 Å². The average molecular weight is 384 g/mol. The van der Waals surface area contributed by atoms with Gasteiger partial charge in [0.2, 0.25) is 5.91 Å². The fourth-order valence-electron chi connectivity index (χ4n) is 3.26. The molecule has 1 unspecified atom stereocenters. The lowest BCUT2D eigenvalue weighted by Crippen LogP contribution is -2.36. The highest BCUT2D eigenvalue weighted by molar-refractivity contribution is 5.79. The Kier molecular flexibility index (Phi) is 5.72. The Bertz CT molecular complexity index is 1000. The maximum atomic E-state index is 12.4. The Hall–Kier alpha value is -3.23. The molecule has 3 heterocycles. The third-order valence-corrected chi connectivity index (χ3v) is 4.81. The number of amides is 1. The molecule has 3 aromatic rings. The molecule has 0 saturated heterocycles. The van der Waals surface area contributed by atoms with Gasteiger partial charge in [-0.1, -0.05) is 6.07 Å². The third-order valence-electron chi connectivity index (χ3n) is 4.81. The van der Waals surface area contributed by atoms with Gasteiger partial charge in [0.15, 0.2) is 0 Å². The molecular weight excluding hydrogens is 360 g/mol. The summed E-state index contributed by atoms with van der Waals surface area (Å²) in [5.41, 5.74) is 3.13. The van der Waals surface area contributed by atoms with E-state index in [2.05, 4.69) is 31.0 Å². The second-order valence-corrected chi connectivity index (χ2v) is 6.87. The number of carboxylic acids is 1. The van der Waals surface area contributed by atoms with Crippen LogP contribution in [0.15, 0.2) is 24.5 Å². The second-order valence-electron chi connectivity index (χ2n) is 6.87. The predicted molar refractivity (Wildman–Crippen MR) is 102 cm³/mol. The van der Waals surface area contributed by atoms with Crippen LogP contribution >= 0.6 is 0 Å². The molecule has 9 nitrogen and oxygen atoms in total. The molecule has 1 aromatic carbocycles. The number of rotatable bonds is 3. The van der Waals surface area contributed by atoms with E-state index >= 15 is 0 Å². The molecule has 0 spiro atoms. The number of aliphatic carboxylic acids is 1. The van der Waals surface area contributed by atoms with Crippen LogP contribution in [0.1, 0.15) is 30.6 Å². The topological polar surface area (TPSA) is 115 Å². The first-order chi connectivity index (χ1) is 13.3. The molecule has 0 aliphatic carbocycles. The number of aryl methyl sites for hydroxylation is 3. The zero-order chi connectivity index (χ0) is 20.3. The first-order valence-electron chi connectivity index (χ1n) is 9.11. The van der Waals surface area contributed by atoms with Gasteiger partial charge in [-0.05, 0) is 31.0 Å². The predicted octanol–water partition coefficient (Wildman–Crippen LogP) is 1.44. The fraction of sp³-hybridized carbons (Fsp3) is 0.421. The summed E-state index contributed by atoms with van der Waals surface area (Å²) in [5.74, 6) is 1.15. The van der Waals surface area contributed by atoms with Crippen LogP contribution in [0.5, 0.6) is 0 Å². The van der Waals surface area contributed by atoms with Crippen LogP contribution in [0.4, 0.5) is 0 Å². The van der Waals surface area contributed by atoms with Crippen molar-refractivity contribution in [3.63, 3.8) is 0 Å². The van der Waals surface area contributed by atoms with Crippen molar-refractivity contribution in [3.05, 3.63) is 41.7 Å². The van der Waals surface area contributed by atoms with E-state index in [0.717, 1.165) is 48.0 Å². The van der Waals surface area contributed by atoms with Gasteiger partial charge in [0.1, 0.15) is 18.0 Å². The molecule has 2 aromatic heterocycles. The minimum Gasteiger partial charge on any atom is -0.481 e. The van der Waals surface area contributed by atoms with Crippen LogP contribution in [0, 0.1) is 12.8 Å². The molecule has 1 amide bonds. The molecule has 1 aliphatic rings. The van der Waals surface area contributed by atoms with Crippen LogP contribution in [-0.4, -0.2) is 41.3 Å². The van der Waals surface area contributed by atoms with E-state index in [1.54, 1.807) is 6.33 Å². The van der Waals surface area contributed by atoms with Gasteiger partial charge in [0.25, 0.3) is 5.97 Å². The van der Waals surface area contributed by atoms with Gasteiger partial charge in [-0.2, -0.15) is 5.10 Å². The van der Waals surface area contributed by atoms with E-state index in [1.807, 2.05) is 30.8 Å². The largest absolute Gasteiger partial charge is 0.481 e. The summed E-state index contributed by atoms with van der Waals surface area (Å²) in [4.78, 5) is 30.2. The number of aromatic nitrogens is 5. The van der Waals surface area contributed by atoms with Gasteiger partial charge in [-0.3, -0.25) is 9.59 Å². The van der Waals surface area contributed by atoms with Crippen molar-refractivity contribution in [2.45, 2.75) is 39.8 Å². The molecule has 0 bridgehead atoms. The molecule has 0 radical (unpaired) electrons. The van der Waals surface area contributed by atoms with Gasteiger partial charge in [0.05, 0.1) is 23.5 Å². The number of fused-ring (bicyclic) bond motifs is 2. The standard InChI is InChI=1S/C17H20N6O.C2H4O2/c1-11-21-14-7-12(3-5-15(14)22(11)2)8-18-17(24)13-4-6-16-19-10-20-23(16)9-13;1-2(3)4/h3,5,7,10,13H,4,6,8-9H2,1-2H3,(H,18,24);1H3,(H,3,4). The maximum absolute atomic E-state index is 12.4. The summed E-state index contributed by atoms with van der Waals surface area (Å²) < 4.78 is 3.89. The van der Waals surface area contributed by atoms with Crippen molar-refractivity contribution in [2.75, 3.05) is 0 Å². The zero-order valence-corrected chi connectivity index (χ0v) is 16.2. The van der Waals surface area contributed by atoms with Crippen molar-refractivity contribution in [3.8, 4) is 0 Å². The van der Waals surface area contributed by atoms with E-state index < -0.39 is 5.97 Å². The quantitative estimate of drug-likeness (QED) is 0.706. The Morgan fingerprint density at radius 1 is 1.36 bits per heavy atom. The number of hydrogen-bond acceptors (Lipinski definition) is 5. The highest BCUT2D eigenvalue weighted by Crippen LogP contribution is 2.19.